The topological polar surface area (TPSA) is 55.2 Å². The second kappa shape index (κ2) is 6.15. The number of rotatable bonds is 4. The SMILES string of the molecule is O=[N+]([O-])c1ccc(F)c(F)c1NCc1cc(Br)c(Br)s1. The summed E-state index contributed by atoms with van der Waals surface area (Å²) in [4.78, 5) is 10.9. The average Bonchev–Trinajstić information content (AvgIpc) is 2.70. The summed E-state index contributed by atoms with van der Waals surface area (Å²) in [6.45, 7) is 0.149. The summed E-state index contributed by atoms with van der Waals surface area (Å²) >= 11 is 7.99. The Bertz CT molecular complexity index is 659. The minimum atomic E-state index is -1.26. The van der Waals surface area contributed by atoms with Crippen LogP contribution in [0.2, 0.25) is 0 Å². The third-order valence-corrected chi connectivity index (χ3v) is 5.66. The van der Waals surface area contributed by atoms with Crippen molar-refractivity contribution in [3.05, 3.63) is 53.1 Å². The molecule has 106 valence electrons. The van der Waals surface area contributed by atoms with Gasteiger partial charge in [0, 0.05) is 22.0 Å². The van der Waals surface area contributed by atoms with E-state index < -0.39 is 27.9 Å². The highest BCUT2D eigenvalue weighted by Gasteiger charge is 2.21. The molecular weight excluding hydrogens is 422 g/mol. The van der Waals surface area contributed by atoms with Gasteiger partial charge in [-0.15, -0.1) is 11.3 Å². The Kier molecular flexibility index (Phi) is 4.71. The van der Waals surface area contributed by atoms with E-state index in [1.807, 2.05) is 0 Å². The van der Waals surface area contributed by atoms with Crippen LogP contribution in [-0.4, -0.2) is 4.92 Å². The number of hydrogen-bond donors (Lipinski definition) is 1. The van der Waals surface area contributed by atoms with Crippen LogP contribution in [0.3, 0.4) is 0 Å². The van der Waals surface area contributed by atoms with E-state index in [0.717, 1.165) is 25.3 Å². The summed E-state index contributed by atoms with van der Waals surface area (Å²) in [5.41, 5.74) is -0.950. The van der Waals surface area contributed by atoms with Crippen LogP contribution >= 0.6 is 43.2 Å². The van der Waals surface area contributed by atoms with Crippen LogP contribution in [0.1, 0.15) is 4.88 Å². The van der Waals surface area contributed by atoms with Crippen LogP contribution < -0.4 is 5.32 Å². The normalized spacial score (nSPS) is 10.6. The fourth-order valence-corrected chi connectivity index (χ4v) is 3.63. The second-order valence-corrected chi connectivity index (χ2v) is 7.01. The standard InChI is InChI=1S/C11H6Br2F2N2O2S/c12-6-3-5(20-11(6)13)4-16-10-8(17(18)19)2-1-7(14)9(10)15/h1-3,16H,4H2. The number of nitro benzene ring substituents is 1. The van der Waals surface area contributed by atoms with Crippen molar-refractivity contribution in [3.63, 3.8) is 0 Å². The first-order valence-electron chi connectivity index (χ1n) is 5.20. The Morgan fingerprint density at radius 1 is 1.35 bits per heavy atom. The molecule has 0 radical (unpaired) electrons. The van der Waals surface area contributed by atoms with Gasteiger partial charge in [-0.3, -0.25) is 10.1 Å². The molecule has 0 saturated carbocycles. The molecule has 1 aromatic heterocycles. The van der Waals surface area contributed by atoms with Gasteiger partial charge < -0.3 is 5.32 Å². The van der Waals surface area contributed by atoms with Crippen LogP contribution in [0.5, 0.6) is 0 Å². The van der Waals surface area contributed by atoms with Crippen molar-refractivity contribution in [3.8, 4) is 0 Å². The molecule has 0 spiro atoms. The average molecular weight is 428 g/mol. The van der Waals surface area contributed by atoms with Gasteiger partial charge in [-0.2, -0.15) is 0 Å². The highest BCUT2D eigenvalue weighted by Crippen LogP contribution is 2.34. The van der Waals surface area contributed by atoms with E-state index in [9.17, 15) is 18.9 Å². The van der Waals surface area contributed by atoms with Crippen LogP contribution in [0.4, 0.5) is 20.2 Å². The molecule has 2 aromatic rings. The van der Waals surface area contributed by atoms with E-state index >= 15 is 0 Å². The smallest absolute Gasteiger partial charge is 0.295 e. The van der Waals surface area contributed by atoms with Crippen LogP contribution in [0.25, 0.3) is 0 Å². The molecule has 0 amide bonds. The van der Waals surface area contributed by atoms with Gasteiger partial charge in [0.15, 0.2) is 17.3 Å². The van der Waals surface area contributed by atoms with E-state index in [1.54, 1.807) is 6.07 Å². The first-order chi connectivity index (χ1) is 9.40. The Balaban J connectivity index is 2.28. The lowest BCUT2D eigenvalue weighted by atomic mass is 10.2. The van der Waals surface area contributed by atoms with Crippen LogP contribution in [0, 0.1) is 21.7 Å². The molecule has 1 heterocycles. The third kappa shape index (κ3) is 3.15. The monoisotopic (exact) mass is 426 g/mol. The molecule has 4 nitrogen and oxygen atoms in total. The van der Waals surface area contributed by atoms with Gasteiger partial charge in [0.05, 0.1) is 8.71 Å². The number of thiophene rings is 1. The number of hydrogen-bond acceptors (Lipinski definition) is 4. The third-order valence-electron chi connectivity index (χ3n) is 2.41. The van der Waals surface area contributed by atoms with Gasteiger partial charge >= 0.3 is 0 Å². The van der Waals surface area contributed by atoms with Crippen molar-refractivity contribution in [2.24, 2.45) is 0 Å². The maximum atomic E-state index is 13.7. The fraction of sp³-hybridized carbons (Fsp3) is 0.0909. The molecule has 0 atom stereocenters. The number of halogens is 4. The molecule has 2 rings (SSSR count). The number of benzene rings is 1. The maximum Gasteiger partial charge on any atom is 0.295 e. The minimum absolute atomic E-state index is 0.149. The lowest BCUT2D eigenvalue weighted by Crippen LogP contribution is -2.05. The zero-order chi connectivity index (χ0) is 14.9. The Morgan fingerprint density at radius 2 is 2.05 bits per heavy atom. The first-order valence-corrected chi connectivity index (χ1v) is 7.60. The number of nitrogens with one attached hydrogen (secondary N) is 1. The van der Waals surface area contributed by atoms with Crippen molar-refractivity contribution < 1.29 is 13.7 Å². The van der Waals surface area contributed by atoms with E-state index in [2.05, 4.69) is 37.2 Å². The maximum absolute atomic E-state index is 13.7. The van der Waals surface area contributed by atoms with E-state index in [-0.39, 0.29) is 6.54 Å². The van der Waals surface area contributed by atoms with Gasteiger partial charge in [-0.25, -0.2) is 8.78 Å². The molecule has 0 aliphatic heterocycles. The van der Waals surface area contributed by atoms with Crippen molar-refractivity contribution in [2.75, 3.05) is 5.32 Å². The largest absolute Gasteiger partial charge is 0.372 e. The molecule has 1 aromatic carbocycles. The molecule has 0 bridgehead atoms. The van der Waals surface area contributed by atoms with Crippen molar-refractivity contribution in [2.45, 2.75) is 6.54 Å². The summed E-state index contributed by atoms with van der Waals surface area (Å²) in [7, 11) is 0. The second-order valence-electron chi connectivity index (χ2n) is 3.70. The number of anilines is 1. The summed E-state index contributed by atoms with van der Waals surface area (Å²) in [6, 6.07) is 3.45. The molecule has 9 heteroatoms. The van der Waals surface area contributed by atoms with E-state index in [1.165, 1.54) is 11.3 Å². The van der Waals surface area contributed by atoms with Crippen LogP contribution in [-0.2, 0) is 6.54 Å². The molecule has 0 saturated heterocycles. The summed E-state index contributed by atoms with van der Waals surface area (Å²) in [6.07, 6.45) is 0. The van der Waals surface area contributed by atoms with Gasteiger partial charge in [0.25, 0.3) is 5.69 Å². The predicted octanol–water partition coefficient (Wildman–Crippen LogP) is 5.07. The molecule has 20 heavy (non-hydrogen) atoms. The summed E-state index contributed by atoms with van der Waals surface area (Å²) in [5, 5.41) is 13.4. The highest BCUT2D eigenvalue weighted by atomic mass is 79.9. The van der Waals surface area contributed by atoms with E-state index in [4.69, 9.17) is 0 Å². The molecule has 0 aliphatic rings. The Morgan fingerprint density at radius 3 is 2.60 bits per heavy atom. The van der Waals surface area contributed by atoms with E-state index in [0.29, 0.717) is 0 Å². The van der Waals surface area contributed by atoms with Gasteiger partial charge in [-0.1, -0.05) is 0 Å². The summed E-state index contributed by atoms with van der Waals surface area (Å²) < 4.78 is 28.5. The number of nitrogens with zero attached hydrogens (tertiary/aromatic N) is 1. The van der Waals surface area contributed by atoms with Crippen LogP contribution in [0.15, 0.2) is 26.5 Å². The zero-order valence-corrected chi connectivity index (χ0v) is 13.6. The Labute approximate surface area is 133 Å². The van der Waals surface area contributed by atoms with Crippen molar-refractivity contribution in [1.29, 1.82) is 0 Å². The zero-order valence-electron chi connectivity index (χ0n) is 9.62. The van der Waals surface area contributed by atoms with Gasteiger partial charge in [0.2, 0.25) is 0 Å². The number of nitro groups is 1. The predicted molar refractivity (Wildman–Crippen MR) is 80.1 cm³/mol. The lowest BCUT2D eigenvalue weighted by Gasteiger charge is -2.07. The first kappa shape index (κ1) is 15.3. The quantitative estimate of drug-likeness (QED) is 0.547. The van der Waals surface area contributed by atoms with Crippen molar-refractivity contribution >= 4 is 54.6 Å². The summed E-state index contributed by atoms with van der Waals surface area (Å²) in [5.74, 6) is -2.39. The molecule has 1 N–H and O–H groups in total. The van der Waals surface area contributed by atoms with Gasteiger partial charge in [0.1, 0.15) is 0 Å². The molecule has 0 fully saturated rings. The lowest BCUT2D eigenvalue weighted by molar-refractivity contribution is -0.384. The Hall–Kier alpha value is -1.06. The molecular formula is C11H6Br2F2N2O2S. The molecule has 0 unspecified atom stereocenters. The highest BCUT2D eigenvalue weighted by molar-refractivity contribution is 9.13. The molecule has 0 aliphatic carbocycles. The minimum Gasteiger partial charge on any atom is -0.372 e. The van der Waals surface area contributed by atoms with Crippen molar-refractivity contribution in [1.82, 2.24) is 0 Å². The van der Waals surface area contributed by atoms with Gasteiger partial charge in [-0.05, 0) is 44.0 Å². The fourth-order valence-electron chi connectivity index (χ4n) is 1.51.